The van der Waals surface area contributed by atoms with Gasteiger partial charge in [0, 0.05) is 12.8 Å². The van der Waals surface area contributed by atoms with E-state index in [9.17, 15) is 19.8 Å². The third-order valence-corrected chi connectivity index (χ3v) is 19.2. The van der Waals surface area contributed by atoms with Crippen LogP contribution in [-0.2, 0) is 14.3 Å². The van der Waals surface area contributed by atoms with Crippen LogP contribution in [0.4, 0.5) is 0 Å². The number of carbonyl (C=O) groups is 2. The van der Waals surface area contributed by atoms with Crippen LogP contribution in [0.25, 0.3) is 0 Å². The SMILES string of the molecule is CCCCCCCCCCCCCCCCCCCCCCCCC/C=C/C(O)C(CO)NC(=O)CCCCCCCCCCCCCC/C=C\CCCCCCCCCCCCCCOC(=O)CCCCCCCCCCCCCCCCCCCC. The minimum Gasteiger partial charge on any atom is -0.466 e. The van der Waals surface area contributed by atoms with Gasteiger partial charge in [-0.05, 0) is 57.8 Å². The van der Waals surface area contributed by atoms with E-state index in [4.69, 9.17) is 4.74 Å². The zero-order chi connectivity index (χ0) is 63.5. The molecule has 0 aliphatic rings. The predicted molar refractivity (Wildman–Crippen MR) is 389 cm³/mol. The van der Waals surface area contributed by atoms with Crippen molar-refractivity contribution in [1.82, 2.24) is 5.32 Å². The molecule has 0 saturated heterocycles. The van der Waals surface area contributed by atoms with Crippen molar-refractivity contribution >= 4 is 11.9 Å². The molecular formula is C82H159NO5. The second kappa shape index (κ2) is 77.8. The van der Waals surface area contributed by atoms with Gasteiger partial charge in [0.15, 0.2) is 0 Å². The van der Waals surface area contributed by atoms with Crippen molar-refractivity contribution < 1.29 is 24.5 Å². The summed E-state index contributed by atoms with van der Waals surface area (Å²) in [6, 6.07) is -0.629. The van der Waals surface area contributed by atoms with Crippen molar-refractivity contribution in [2.75, 3.05) is 13.2 Å². The number of unbranched alkanes of at least 4 members (excludes halogenated alkanes) is 64. The Labute approximate surface area is 551 Å². The van der Waals surface area contributed by atoms with E-state index in [0.29, 0.717) is 19.4 Å². The number of aliphatic hydroxyl groups is 2. The first kappa shape index (κ1) is 86.3. The smallest absolute Gasteiger partial charge is 0.305 e. The number of carbonyl (C=O) groups excluding carboxylic acids is 2. The highest BCUT2D eigenvalue weighted by Gasteiger charge is 2.18. The Hall–Kier alpha value is -1.66. The summed E-state index contributed by atoms with van der Waals surface area (Å²) in [4.78, 5) is 24.7. The number of hydrogen-bond donors (Lipinski definition) is 3. The van der Waals surface area contributed by atoms with E-state index in [0.717, 1.165) is 38.5 Å². The number of amides is 1. The summed E-state index contributed by atoms with van der Waals surface area (Å²) in [7, 11) is 0. The third kappa shape index (κ3) is 73.4. The van der Waals surface area contributed by atoms with E-state index < -0.39 is 12.1 Å². The summed E-state index contributed by atoms with van der Waals surface area (Å²) in [5.74, 6) is -0.0413. The summed E-state index contributed by atoms with van der Waals surface area (Å²) < 4.78 is 5.52. The first-order valence-corrected chi connectivity index (χ1v) is 40.6. The predicted octanol–water partition coefficient (Wildman–Crippen LogP) is 26.8. The van der Waals surface area contributed by atoms with Gasteiger partial charge in [0.05, 0.1) is 25.4 Å². The lowest BCUT2D eigenvalue weighted by Gasteiger charge is -2.20. The van der Waals surface area contributed by atoms with Crippen LogP contribution in [0.5, 0.6) is 0 Å². The van der Waals surface area contributed by atoms with Crippen molar-refractivity contribution in [2.45, 2.75) is 475 Å². The summed E-state index contributed by atoms with van der Waals surface area (Å²) in [5.41, 5.74) is 0. The molecule has 6 heteroatoms. The molecule has 0 spiro atoms. The summed E-state index contributed by atoms with van der Waals surface area (Å²) in [6.45, 7) is 4.96. The molecule has 88 heavy (non-hydrogen) atoms. The van der Waals surface area contributed by atoms with Crippen LogP contribution in [0.3, 0.4) is 0 Å². The Morgan fingerprint density at radius 3 is 0.807 bits per heavy atom. The van der Waals surface area contributed by atoms with E-state index in [1.165, 1.54) is 398 Å². The van der Waals surface area contributed by atoms with Crippen molar-refractivity contribution in [3.63, 3.8) is 0 Å². The second-order valence-electron chi connectivity index (χ2n) is 28.1. The molecule has 2 atom stereocenters. The van der Waals surface area contributed by atoms with E-state index in [1.807, 2.05) is 6.08 Å². The van der Waals surface area contributed by atoms with Gasteiger partial charge in [-0.3, -0.25) is 9.59 Å². The molecule has 0 aromatic carbocycles. The largest absolute Gasteiger partial charge is 0.466 e. The standard InChI is InChI=1S/C82H159NO5/c1-3-5-7-9-11-13-15-17-19-21-23-24-25-30-33-36-39-42-46-50-54-58-62-66-70-74-80(85)79(78-84)83-81(86)75-71-67-63-59-55-51-47-43-40-37-34-31-28-26-27-29-32-35-38-41-45-49-53-57-61-65-69-73-77-88-82(87)76-72-68-64-60-56-52-48-44-22-20-18-16-14-12-10-8-6-4-2/h26-27,70,74,79-80,84-85H,3-25,28-69,71-73,75-78H2,1-2H3,(H,83,86)/b27-26-,74-70+. The molecule has 0 rings (SSSR count). The maximum Gasteiger partial charge on any atom is 0.305 e. The molecule has 1 amide bonds. The number of esters is 1. The zero-order valence-corrected chi connectivity index (χ0v) is 60.0. The van der Waals surface area contributed by atoms with E-state index in [2.05, 4.69) is 31.3 Å². The number of aliphatic hydroxyl groups excluding tert-OH is 2. The molecule has 0 fully saturated rings. The van der Waals surface area contributed by atoms with Gasteiger partial charge in [0.1, 0.15) is 0 Å². The first-order valence-electron chi connectivity index (χ1n) is 40.6. The highest BCUT2D eigenvalue weighted by molar-refractivity contribution is 5.76. The van der Waals surface area contributed by atoms with Crippen LogP contribution < -0.4 is 5.32 Å². The fraction of sp³-hybridized carbons (Fsp3) is 0.927. The maximum absolute atomic E-state index is 12.6. The number of nitrogens with one attached hydrogen (secondary N) is 1. The van der Waals surface area contributed by atoms with Gasteiger partial charge in [0.25, 0.3) is 0 Å². The van der Waals surface area contributed by atoms with Gasteiger partial charge < -0.3 is 20.3 Å². The molecule has 0 bridgehead atoms. The van der Waals surface area contributed by atoms with Gasteiger partial charge in [-0.15, -0.1) is 0 Å². The molecule has 522 valence electrons. The quantitative estimate of drug-likeness (QED) is 0.0320. The van der Waals surface area contributed by atoms with Gasteiger partial charge in [-0.25, -0.2) is 0 Å². The van der Waals surface area contributed by atoms with Gasteiger partial charge in [0.2, 0.25) is 5.91 Å². The molecule has 0 heterocycles. The van der Waals surface area contributed by atoms with E-state index >= 15 is 0 Å². The zero-order valence-electron chi connectivity index (χ0n) is 60.0. The van der Waals surface area contributed by atoms with Crippen molar-refractivity contribution in [3.05, 3.63) is 24.3 Å². The average Bonchev–Trinajstić information content (AvgIpc) is 3.58. The van der Waals surface area contributed by atoms with Crippen molar-refractivity contribution in [1.29, 1.82) is 0 Å². The molecule has 0 saturated carbocycles. The molecule has 0 aromatic rings. The number of rotatable bonds is 77. The summed E-state index contributed by atoms with van der Waals surface area (Å²) >= 11 is 0. The molecule has 0 aliphatic heterocycles. The Balaban J connectivity index is 3.38. The van der Waals surface area contributed by atoms with E-state index in [-0.39, 0.29) is 18.5 Å². The minimum atomic E-state index is -0.846. The summed E-state index contributed by atoms with van der Waals surface area (Å²) in [6.07, 6.45) is 100. The van der Waals surface area contributed by atoms with Gasteiger partial charge >= 0.3 is 5.97 Å². The molecule has 6 nitrogen and oxygen atoms in total. The Bertz CT molecular complexity index is 1380. The average molecular weight is 1240 g/mol. The first-order chi connectivity index (χ1) is 43.5. The van der Waals surface area contributed by atoms with Crippen molar-refractivity contribution in [3.8, 4) is 0 Å². The molecule has 0 radical (unpaired) electrons. The number of ether oxygens (including phenoxy) is 1. The van der Waals surface area contributed by atoms with Crippen LogP contribution in [0, 0.1) is 0 Å². The van der Waals surface area contributed by atoms with Crippen molar-refractivity contribution in [2.24, 2.45) is 0 Å². The molecule has 0 aromatic heterocycles. The monoisotopic (exact) mass is 1240 g/mol. The molecular weight excluding hydrogens is 1080 g/mol. The Kier molecular flexibility index (Phi) is 76.3. The lowest BCUT2D eigenvalue weighted by atomic mass is 10.0. The number of allylic oxidation sites excluding steroid dienone is 3. The fourth-order valence-electron chi connectivity index (χ4n) is 13.0. The maximum atomic E-state index is 12.6. The molecule has 0 aliphatic carbocycles. The summed E-state index contributed by atoms with van der Waals surface area (Å²) in [5, 5.41) is 23.3. The molecule has 2 unspecified atom stereocenters. The number of hydrogen-bond acceptors (Lipinski definition) is 5. The highest BCUT2D eigenvalue weighted by Crippen LogP contribution is 2.20. The molecule has 3 N–H and O–H groups in total. The Morgan fingerprint density at radius 2 is 0.534 bits per heavy atom. The highest BCUT2D eigenvalue weighted by atomic mass is 16.5. The van der Waals surface area contributed by atoms with Crippen LogP contribution in [0.1, 0.15) is 463 Å². The van der Waals surface area contributed by atoms with Crippen LogP contribution >= 0.6 is 0 Å². The lowest BCUT2D eigenvalue weighted by molar-refractivity contribution is -0.143. The van der Waals surface area contributed by atoms with Gasteiger partial charge in [-0.2, -0.15) is 0 Å². The van der Waals surface area contributed by atoms with Crippen LogP contribution in [-0.4, -0.2) is 47.4 Å². The van der Waals surface area contributed by atoms with E-state index in [1.54, 1.807) is 6.08 Å². The second-order valence-corrected chi connectivity index (χ2v) is 28.1. The normalized spacial score (nSPS) is 12.5. The van der Waals surface area contributed by atoms with Crippen LogP contribution in [0.2, 0.25) is 0 Å². The third-order valence-electron chi connectivity index (χ3n) is 19.2. The lowest BCUT2D eigenvalue weighted by Crippen LogP contribution is -2.45. The van der Waals surface area contributed by atoms with Crippen LogP contribution in [0.15, 0.2) is 24.3 Å². The van der Waals surface area contributed by atoms with Gasteiger partial charge in [-0.1, -0.05) is 417 Å². The Morgan fingerprint density at radius 1 is 0.307 bits per heavy atom. The fourth-order valence-corrected chi connectivity index (χ4v) is 13.0. The minimum absolute atomic E-state index is 0.0211. The topological polar surface area (TPSA) is 95.9 Å².